The van der Waals surface area contributed by atoms with Crippen LogP contribution in [0.3, 0.4) is 0 Å². The molecule has 0 aliphatic heterocycles. The van der Waals surface area contributed by atoms with E-state index in [1.807, 2.05) is 26.0 Å². The number of nitrogens with one attached hydrogen (secondary N) is 1. The standard InChI is InChI=1S/C17H26N2O/c1-5-14(4)15-6-8-17(9-7-15)20-11-10-16(12-18)19-13(2)3/h6-9,13-14,16,19H,5,10-11H2,1-4H3. The van der Waals surface area contributed by atoms with Crippen LogP contribution in [0.5, 0.6) is 5.75 Å². The lowest BCUT2D eigenvalue weighted by atomic mass is 9.99. The topological polar surface area (TPSA) is 45.0 Å². The van der Waals surface area contributed by atoms with E-state index < -0.39 is 0 Å². The molecule has 0 saturated heterocycles. The highest BCUT2D eigenvalue weighted by Crippen LogP contribution is 2.21. The Morgan fingerprint density at radius 2 is 1.85 bits per heavy atom. The molecule has 3 nitrogen and oxygen atoms in total. The van der Waals surface area contributed by atoms with Crippen LogP contribution in [0, 0.1) is 11.3 Å². The Kier molecular flexibility index (Phi) is 7.11. The van der Waals surface area contributed by atoms with Gasteiger partial charge in [-0.15, -0.1) is 0 Å². The molecule has 0 fully saturated rings. The highest BCUT2D eigenvalue weighted by molar-refractivity contribution is 5.29. The number of nitriles is 1. The summed E-state index contributed by atoms with van der Waals surface area (Å²) in [5, 5.41) is 12.2. The first-order valence-corrected chi connectivity index (χ1v) is 7.45. The van der Waals surface area contributed by atoms with Crippen LogP contribution in [0.1, 0.15) is 52.0 Å². The van der Waals surface area contributed by atoms with Gasteiger partial charge in [0, 0.05) is 12.5 Å². The van der Waals surface area contributed by atoms with Gasteiger partial charge in [-0.3, -0.25) is 5.32 Å². The Hall–Kier alpha value is -1.53. The molecule has 0 heterocycles. The van der Waals surface area contributed by atoms with Crippen LogP contribution in [-0.4, -0.2) is 18.7 Å². The molecule has 110 valence electrons. The van der Waals surface area contributed by atoms with Crippen LogP contribution in [-0.2, 0) is 0 Å². The largest absolute Gasteiger partial charge is 0.493 e. The quantitative estimate of drug-likeness (QED) is 0.783. The maximum Gasteiger partial charge on any atom is 0.119 e. The predicted molar refractivity (Wildman–Crippen MR) is 82.9 cm³/mol. The number of benzene rings is 1. The first-order valence-electron chi connectivity index (χ1n) is 7.45. The lowest BCUT2D eigenvalue weighted by Crippen LogP contribution is -2.34. The van der Waals surface area contributed by atoms with E-state index in [1.54, 1.807) is 0 Å². The molecule has 0 amide bonds. The molecule has 0 bridgehead atoms. The van der Waals surface area contributed by atoms with Crippen molar-refractivity contribution in [3.05, 3.63) is 29.8 Å². The Labute approximate surface area is 123 Å². The molecule has 0 radical (unpaired) electrons. The van der Waals surface area contributed by atoms with Crippen LogP contribution < -0.4 is 10.1 Å². The van der Waals surface area contributed by atoms with E-state index in [0.717, 1.165) is 12.2 Å². The molecule has 1 N–H and O–H groups in total. The van der Waals surface area contributed by atoms with Crippen molar-refractivity contribution in [2.45, 2.75) is 58.5 Å². The number of nitrogens with zero attached hydrogens (tertiary/aromatic N) is 1. The maximum absolute atomic E-state index is 9.03. The molecule has 1 aromatic rings. The van der Waals surface area contributed by atoms with Crippen molar-refractivity contribution in [1.29, 1.82) is 5.26 Å². The minimum absolute atomic E-state index is 0.144. The van der Waals surface area contributed by atoms with Gasteiger partial charge >= 0.3 is 0 Å². The summed E-state index contributed by atoms with van der Waals surface area (Å²) in [6.45, 7) is 9.06. The van der Waals surface area contributed by atoms with Crippen LogP contribution in [0.15, 0.2) is 24.3 Å². The summed E-state index contributed by atoms with van der Waals surface area (Å²) in [6.07, 6.45) is 1.84. The van der Waals surface area contributed by atoms with Gasteiger partial charge in [0.05, 0.1) is 18.7 Å². The van der Waals surface area contributed by atoms with Crippen LogP contribution in [0.4, 0.5) is 0 Å². The summed E-state index contributed by atoms with van der Waals surface area (Å²) in [6, 6.07) is 10.7. The summed E-state index contributed by atoms with van der Waals surface area (Å²) in [7, 11) is 0. The normalized spacial score (nSPS) is 13.8. The lowest BCUT2D eigenvalue weighted by Gasteiger charge is -2.15. The molecule has 20 heavy (non-hydrogen) atoms. The van der Waals surface area contributed by atoms with Gasteiger partial charge in [-0.2, -0.15) is 5.26 Å². The van der Waals surface area contributed by atoms with Gasteiger partial charge in [0.2, 0.25) is 0 Å². The molecule has 1 rings (SSSR count). The van der Waals surface area contributed by atoms with E-state index in [0.29, 0.717) is 25.0 Å². The Balaban J connectivity index is 2.40. The smallest absolute Gasteiger partial charge is 0.119 e. The zero-order chi connectivity index (χ0) is 15.0. The van der Waals surface area contributed by atoms with E-state index in [1.165, 1.54) is 5.56 Å². The molecule has 2 unspecified atom stereocenters. The molecule has 0 saturated carbocycles. The minimum Gasteiger partial charge on any atom is -0.493 e. The summed E-state index contributed by atoms with van der Waals surface area (Å²) in [4.78, 5) is 0. The number of rotatable bonds is 8. The summed E-state index contributed by atoms with van der Waals surface area (Å²) >= 11 is 0. The molecule has 0 aliphatic carbocycles. The number of hydrogen-bond donors (Lipinski definition) is 1. The van der Waals surface area contributed by atoms with Gasteiger partial charge in [-0.05, 0) is 43.9 Å². The van der Waals surface area contributed by atoms with E-state index in [2.05, 4.69) is 37.4 Å². The van der Waals surface area contributed by atoms with Crippen LogP contribution >= 0.6 is 0 Å². The van der Waals surface area contributed by atoms with E-state index in [4.69, 9.17) is 10.00 Å². The van der Waals surface area contributed by atoms with E-state index in [9.17, 15) is 0 Å². The number of ether oxygens (including phenoxy) is 1. The van der Waals surface area contributed by atoms with Crippen molar-refractivity contribution in [3.63, 3.8) is 0 Å². The van der Waals surface area contributed by atoms with E-state index in [-0.39, 0.29) is 6.04 Å². The fourth-order valence-electron chi connectivity index (χ4n) is 2.01. The summed E-state index contributed by atoms with van der Waals surface area (Å²) in [5.41, 5.74) is 1.34. The van der Waals surface area contributed by atoms with Gasteiger partial charge in [-0.25, -0.2) is 0 Å². The molecule has 2 atom stereocenters. The fraction of sp³-hybridized carbons (Fsp3) is 0.588. The van der Waals surface area contributed by atoms with Crippen molar-refractivity contribution in [2.24, 2.45) is 0 Å². The van der Waals surface area contributed by atoms with Crippen molar-refractivity contribution < 1.29 is 4.74 Å². The Morgan fingerprint density at radius 1 is 1.20 bits per heavy atom. The molecule has 1 aromatic carbocycles. The zero-order valence-electron chi connectivity index (χ0n) is 13.0. The second-order valence-electron chi connectivity index (χ2n) is 5.52. The zero-order valence-corrected chi connectivity index (χ0v) is 13.0. The molecule has 0 aliphatic rings. The minimum atomic E-state index is -0.144. The average molecular weight is 274 g/mol. The molecule has 0 spiro atoms. The third-order valence-electron chi connectivity index (χ3n) is 3.43. The van der Waals surface area contributed by atoms with Crippen molar-refractivity contribution >= 4 is 0 Å². The Bertz CT molecular complexity index is 420. The molecular formula is C17H26N2O. The van der Waals surface area contributed by atoms with Gasteiger partial charge in [0.15, 0.2) is 0 Å². The first-order chi connectivity index (χ1) is 9.56. The lowest BCUT2D eigenvalue weighted by molar-refractivity contribution is 0.294. The van der Waals surface area contributed by atoms with Crippen LogP contribution in [0.2, 0.25) is 0 Å². The number of hydrogen-bond acceptors (Lipinski definition) is 3. The van der Waals surface area contributed by atoms with Crippen molar-refractivity contribution in [3.8, 4) is 11.8 Å². The van der Waals surface area contributed by atoms with Gasteiger partial charge in [-0.1, -0.05) is 26.0 Å². The van der Waals surface area contributed by atoms with Crippen molar-refractivity contribution in [2.75, 3.05) is 6.61 Å². The van der Waals surface area contributed by atoms with Gasteiger partial charge < -0.3 is 4.74 Å². The molecular weight excluding hydrogens is 248 g/mol. The van der Waals surface area contributed by atoms with Crippen LogP contribution in [0.25, 0.3) is 0 Å². The monoisotopic (exact) mass is 274 g/mol. The Morgan fingerprint density at radius 3 is 2.35 bits per heavy atom. The van der Waals surface area contributed by atoms with E-state index >= 15 is 0 Å². The summed E-state index contributed by atoms with van der Waals surface area (Å²) in [5.74, 6) is 1.46. The summed E-state index contributed by atoms with van der Waals surface area (Å²) < 4.78 is 5.70. The third kappa shape index (κ3) is 5.63. The maximum atomic E-state index is 9.03. The second-order valence-corrected chi connectivity index (χ2v) is 5.52. The average Bonchev–Trinajstić information content (AvgIpc) is 2.45. The fourth-order valence-corrected chi connectivity index (χ4v) is 2.01. The predicted octanol–water partition coefficient (Wildman–Crippen LogP) is 3.86. The SMILES string of the molecule is CCC(C)c1ccc(OCCC(C#N)NC(C)C)cc1. The first kappa shape index (κ1) is 16.5. The second kappa shape index (κ2) is 8.60. The highest BCUT2D eigenvalue weighted by atomic mass is 16.5. The van der Waals surface area contributed by atoms with Gasteiger partial charge in [0.1, 0.15) is 5.75 Å². The highest BCUT2D eigenvalue weighted by Gasteiger charge is 2.08. The molecule has 3 heteroatoms. The van der Waals surface area contributed by atoms with Gasteiger partial charge in [0.25, 0.3) is 0 Å². The molecule has 0 aromatic heterocycles. The third-order valence-corrected chi connectivity index (χ3v) is 3.43. The van der Waals surface area contributed by atoms with Crippen molar-refractivity contribution in [1.82, 2.24) is 5.32 Å².